The Kier molecular flexibility index (Phi) is 5.45. The summed E-state index contributed by atoms with van der Waals surface area (Å²) in [6.07, 6.45) is 2.24. The molecule has 2 aliphatic rings. The fourth-order valence-electron chi connectivity index (χ4n) is 4.20. The van der Waals surface area contributed by atoms with E-state index in [9.17, 15) is 18.8 Å². The fraction of sp³-hybridized carbons (Fsp3) is 0.391. The number of hydrogen-bond donors (Lipinski definition) is 2. The molecule has 0 radical (unpaired) electrons. The van der Waals surface area contributed by atoms with Gasteiger partial charge in [-0.15, -0.1) is 0 Å². The molecule has 0 unspecified atom stereocenters. The number of hydrogen-bond acceptors (Lipinski definition) is 6. The van der Waals surface area contributed by atoms with Gasteiger partial charge < -0.3 is 14.8 Å². The molecule has 0 spiro atoms. The maximum atomic E-state index is 14.0. The monoisotopic (exact) mass is 454 g/mol. The third-order valence-electron chi connectivity index (χ3n) is 5.96. The molecular weight excluding hydrogens is 431 g/mol. The van der Waals surface area contributed by atoms with E-state index in [1.54, 1.807) is 13.0 Å². The van der Waals surface area contributed by atoms with Crippen LogP contribution >= 0.6 is 0 Å². The summed E-state index contributed by atoms with van der Waals surface area (Å²) in [6.45, 7) is 2.64. The predicted molar refractivity (Wildman–Crippen MR) is 117 cm³/mol. The van der Waals surface area contributed by atoms with E-state index in [0.717, 1.165) is 12.8 Å². The second kappa shape index (κ2) is 8.43. The maximum Gasteiger partial charge on any atom is 0.329 e. The summed E-state index contributed by atoms with van der Waals surface area (Å²) >= 11 is 0. The zero-order valence-electron chi connectivity index (χ0n) is 18.1. The molecule has 3 aromatic rings. The van der Waals surface area contributed by atoms with E-state index >= 15 is 0 Å². The lowest BCUT2D eigenvalue weighted by atomic mass is 10.0. The Morgan fingerprint density at radius 2 is 2.12 bits per heavy atom. The highest BCUT2D eigenvalue weighted by atomic mass is 19.1. The van der Waals surface area contributed by atoms with Gasteiger partial charge in [0.25, 0.3) is 11.5 Å². The third-order valence-corrected chi connectivity index (χ3v) is 5.96. The Hall–Kier alpha value is -3.53. The van der Waals surface area contributed by atoms with Crippen LogP contribution in [-0.4, -0.2) is 33.8 Å². The van der Waals surface area contributed by atoms with Gasteiger partial charge in [0.2, 0.25) is 0 Å². The first-order valence-electron chi connectivity index (χ1n) is 10.9. The zero-order valence-corrected chi connectivity index (χ0v) is 18.1. The van der Waals surface area contributed by atoms with Gasteiger partial charge in [0.15, 0.2) is 12.4 Å². The van der Waals surface area contributed by atoms with Crippen molar-refractivity contribution in [3.63, 3.8) is 0 Å². The zero-order chi connectivity index (χ0) is 23.1. The van der Waals surface area contributed by atoms with Crippen LogP contribution in [0.25, 0.3) is 11.0 Å². The molecule has 10 heteroatoms. The first-order valence-corrected chi connectivity index (χ1v) is 10.9. The standard InChI is InChI=1S/C23H23FN4O5/c1-2-28-20-18(22(30)27-23(28)31)16(9-17(26-20)12-3-4-12)21(29)25-6-5-13-7-15(24)8-14-10-32-11-33-19(13)14/h7-9,12H,2-6,10-11H2,1H3,(H,25,29)(H,27,30,31). The molecule has 5 rings (SSSR count). The number of carbonyl (C=O) groups excluding carboxylic acids is 1. The van der Waals surface area contributed by atoms with Crippen LogP contribution in [0.2, 0.25) is 0 Å². The minimum atomic E-state index is -0.646. The van der Waals surface area contributed by atoms with E-state index in [4.69, 9.17) is 9.47 Å². The van der Waals surface area contributed by atoms with Gasteiger partial charge >= 0.3 is 5.69 Å². The Bertz CT molecular complexity index is 1380. The number of carbonyl (C=O) groups is 1. The van der Waals surface area contributed by atoms with Gasteiger partial charge in [-0.05, 0) is 49.9 Å². The van der Waals surface area contributed by atoms with Crippen LogP contribution in [-0.2, 0) is 24.3 Å². The number of aromatic amines is 1. The second-order valence-corrected chi connectivity index (χ2v) is 8.24. The van der Waals surface area contributed by atoms with Crippen molar-refractivity contribution in [2.75, 3.05) is 13.3 Å². The number of halogens is 1. The van der Waals surface area contributed by atoms with Crippen molar-refractivity contribution >= 4 is 16.9 Å². The van der Waals surface area contributed by atoms with Crippen LogP contribution in [0.15, 0.2) is 27.8 Å². The second-order valence-electron chi connectivity index (χ2n) is 8.24. The first-order chi connectivity index (χ1) is 16.0. The van der Waals surface area contributed by atoms with E-state index in [1.807, 2.05) is 0 Å². The van der Waals surface area contributed by atoms with Crippen molar-refractivity contribution in [3.8, 4) is 5.75 Å². The molecule has 0 atom stereocenters. The van der Waals surface area contributed by atoms with Crippen LogP contribution in [0.4, 0.5) is 4.39 Å². The highest BCUT2D eigenvalue weighted by Gasteiger charge is 2.28. The summed E-state index contributed by atoms with van der Waals surface area (Å²) in [5.41, 5.74) is 1.15. The first kappa shape index (κ1) is 21.3. The van der Waals surface area contributed by atoms with Crippen molar-refractivity contribution in [2.24, 2.45) is 0 Å². The van der Waals surface area contributed by atoms with Crippen molar-refractivity contribution in [1.82, 2.24) is 19.9 Å². The summed E-state index contributed by atoms with van der Waals surface area (Å²) < 4.78 is 26.1. The van der Waals surface area contributed by atoms with Gasteiger partial charge in [-0.2, -0.15) is 0 Å². The lowest BCUT2D eigenvalue weighted by molar-refractivity contribution is -0.0172. The number of fused-ring (bicyclic) bond motifs is 2. The molecule has 2 aromatic heterocycles. The molecule has 1 saturated carbocycles. The molecule has 1 fully saturated rings. The molecule has 1 amide bonds. The highest BCUT2D eigenvalue weighted by molar-refractivity contribution is 6.05. The van der Waals surface area contributed by atoms with E-state index in [2.05, 4.69) is 15.3 Å². The lowest BCUT2D eigenvalue weighted by Crippen LogP contribution is -2.33. The van der Waals surface area contributed by atoms with Crippen LogP contribution in [0.1, 0.15) is 52.9 Å². The van der Waals surface area contributed by atoms with E-state index < -0.39 is 23.0 Å². The van der Waals surface area contributed by atoms with Gasteiger partial charge in [0.1, 0.15) is 11.6 Å². The molecule has 1 aliphatic heterocycles. The van der Waals surface area contributed by atoms with Crippen molar-refractivity contribution in [3.05, 3.63) is 67.2 Å². The van der Waals surface area contributed by atoms with Crippen LogP contribution in [0.3, 0.4) is 0 Å². The number of H-pyrrole nitrogens is 1. The topological polar surface area (TPSA) is 115 Å². The van der Waals surface area contributed by atoms with Crippen LogP contribution in [0, 0.1) is 5.82 Å². The number of aromatic nitrogens is 3. The van der Waals surface area contributed by atoms with Crippen molar-refractivity contribution in [2.45, 2.75) is 45.3 Å². The summed E-state index contributed by atoms with van der Waals surface area (Å²) in [6, 6.07) is 4.40. The Morgan fingerprint density at radius 3 is 2.88 bits per heavy atom. The predicted octanol–water partition coefficient (Wildman–Crippen LogP) is 1.96. The minimum absolute atomic E-state index is 0.0852. The van der Waals surface area contributed by atoms with E-state index in [-0.39, 0.29) is 42.5 Å². The molecule has 172 valence electrons. The van der Waals surface area contributed by atoms with E-state index in [1.165, 1.54) is 16.7 Å². The number of ether oxygens (including phenoxy) is 2. The van der Waals surface area contributed by atoms with Gasteiger partial charge in [-0.25, -0.2) is 14.2 Å². The largest absolute Gasteiger partial charge is 0.467 e. The number of aryl methyl sites for hydroxylation is 1. The lowest BCUT2D eigenvalue weighted by Gasteiger charge is -2.21. The summed E-state index contributed by atoms with van der Waals surface area (Å²) in [4.78, 5) is 44.8. The van der Waals surface area contributed by atoms with E-state index in [0.29, 0.717) is 35.5 Å². The SMILES string of the molecule is CCn1c(=O)[nH]c(=O)c2c(C(=O)NCCc3cc(F)cc4c3OCOC4)cc(C3CC3)nc21. The van der Waals surface area contributed by atoms with Crippen molar-refractivity contribution < 1.29 is 18.7 Å². The Labute approximate surface area is 187 Å². The average Bonchev–Trinajstić information content (AvgIpc) is 3.64. The number of pyridine rings is 1. The number of benzene rings is 1. The summed E-state index contributed by atoms with van der Waals surface area (Å²) in [7, 11) is 0. The smallest absolute Gasteiger partial charge is 0.329 e. The summed E-state index contributed by atoms with van der Waals surface area (Å²) in [5, 5.41) is 2.90. The number of nitrogens with one attached hydrogen (secondary N) is 2. The molecular formula is C23H23FN4O5. The van der Waals surface area contributed by atoms with Crippen LogP contribution in [0.5, 0.6) is 5.75 Å². The molecule has 3 heterocycles. The van der Waals surface area contributed by atoms with Gasteiger partial charge in [-0.3, -0.25) is 19.1 Å². The molecule has 1 aromatic carbocycles. The molecule has 0 bridgehead atoms. The quantitative estimate of drug-likeness (QED) is 0.588. The minimum Gasteiger partial charge on any atom is -0.467 e. The maximum absolute atomic E-state index is 14.0. The molecule has 9 nitrogen and oxygen atoms in total. The molecule has 33 heavy (non-hydrogen) atoms. The number of nitrogens with zero attached hydrogens (tertiary/aromatic N) is 2. The highest BCUT2D eigenvalue weighted by Crippen LogP contribution is 2.40. The van der Waals surface area contributed by atoms with Gasteiger partial charge in [0.05, 0.1) is 17.6 Å². The Morgan fingerprint density at radius 1 is 1.30 bits per heavy atom. The third kappa shape index (κ3) is 4.02. The van der Waals surface area contributed by atoms with Gasteiger partial charge in [-0.1, -0.05) is 0 Å². The van der Waals surface area contributed by atoms with Crippen molar-refractivity contribution in [1.29, 1.82) is 0 Å². The molecule has 0 saturated heterocycles. The number of rotatable bonds is 6. The summed E-state index contributed by atoms with van der Waals surface area (Å²) in [5.74, 6) is -0.0578. The Balaban J connectivity index is 1.45. The fourth-order valence-corrected chi connectivity index (χ4v) is 4.20. The molecule has 2 N–H and O–H groups in total. The molecule has 1 aliphatic carbocycles. The van der Waals surface area contributed by atoms with Gasteiger partial charge in [0, 0.05) is 30.3 Å². The van der Waals surface area contributed by atoms with Crippen LogP contribution < -0.4 is 21.3 Å². The number of amides is 1. The average molecular weight is 454 g/mol. The normalized spacial score (nSPS) is 15.2.